The summed E-state index contributed by atoms with van der Waals surface area (Å²) in [5.41, 5.74) is 7.91. The van der Waals surface area contributed by atoms with E-state index >= 15 is 0 Å². The normalized spacial score (nSPS) is 29.5. The topological polar surface area (TPSA) is 75.6 Å². The van der Waals surface area contributed by atoms with Gasteiger partial charge >= 0.3 is 0 Å². The second kappa shape index (κ2) is 6.13. The fourth-order valence-corrected chi connectivity index (χ4v) is 4.54. The number of nitrogens with zero attached hydrogens (tertiary/aromatic N) is 4. The predicted octanol–water partition coefficient (Wildman–Crippen LogP) is 2.25. The minimum Gasteiger partial charge on any atom is -0.371 e. The first-order chi connectivity index (χ1) is 11.3. The van der Waals surface area contributed by atoms with Crippen LogP contribution in [0, 0.1) is 0 Å². The summed E-state index contributed by atoms with van der Waals surface area (Å²) < 4.78 is 5.65. The Morgan fingerprint density at radius 1 is 1.35 bits per heavy atom. The van der Waals surface area contributed by atoms with Gasteiger partial charge in [0.15, 0.2) is 5.17 Å². The van der Waals surface area contributed by atoms with Gasteiger partial charge in [0.05, 0.1) is 22.4 Å². The molecule has 0 aromatic heterocycles. The van der Waals surface area contributed by atoms with Crippen LogP contribution in [-0.2, 0) is 4.74 Å². The molecule has 4 rings (SSSR count). The Morgan fingerprint density at radius 2 is 2.17 bits per heavy atom. The lowest BCUT2D eigenvalue weighted by atomic mass is 9.95. The summed E-state index contributed by atoms with van der Waals surface area (Å²) in [5, 5.41) is 0.889. The van der Waals surface area contributed by atoms with Crippen LogP contribution in [0.15, 0.2) is 37.7 Å². The van der Waals surface area contributed by atoms with Crippen LogP contribution in [0.25, 0.3) is 0 Å². The number of hydrogen-bond donors (Lipinski definition) is 1. The first kappa shape index (κ1) is 15.0. The highest BCUT2D eigenvalue weighted by atomic mass is 32.2. The highest BCUT2D eigenvalue weighted by Gasteiger charge is 2.37. The first-order valence-corrected chi connectivity index (χ1v) is 8.95. The van der Waals surface area contributed by atoms with E-state index in [4.69, 9.17) is 15.5 Å². The van der Waals surface area contributed by atoms with Crippen LogP contribution in [-0.4, -0.2) is 47.7 Å². The summed E-state index contributed by atoms with van der Waals surface area (Å²) in [5.74, 6) is 0.349. The Kier molecular flexibility index (Phi) is 3.98. The number of guanidine groups is 1. The maximum atomic E-state index is 5.75. The molecule has 23 heavy (non-hydrogen) atoms. The molecular formula is C16H21N5OS. The molecule has 0 amide bonds. The van der Waals surface area contributed by atoms with E-state index in [1.165, 1.54) is 32.1 Å². The largest absolute Gasteiger partial charge is 0.371 e. The van der Waals surface area contributed by atoms with Crippen LogP contribution >= 0.6 is 11.8 Å². The van der Waals surface area contributed by atoms with Gasteiger partial charge in [-0.15, -0.1) is 0 Å². The minimum absolute atomic E-state index is 0.0802. The van der Waals surface area contributed by atoms with E-state index in [0.717, 1.165) is 21.5 Å². The van der Waals surface area contributed by atoms with Crippen LogP contribution in [0.4, 0.5) is 0 Å². The van der Waals surface area contributed by atoms with Crippen molar-refractivity contribution in [2.24, 2.45) is 20.7 Å². The lowest BCUT2D eigenvalue weighted by molar-refractivity contribution is 0.190. The quantitative estimate of drug-likeness (QED) is 0.842. The van der Waals surface area contributed by atoms with E-state index in [1.807, 2.05) is 0 Å². The average molecular weight is 331 g/mol. The van der Waals surface area contributed by atoms with E-state index in [0.29, 0.717) is 18.7 Å². The molecule has 1 atom stereocenters. The van der Waals surface area contributed by atoms with E-state index in [9.17, 15) is 0 Å². The molecule has 6 nitrogen and oxygen atoms in total. The monoisotopic (exact) mass is 331 g/mol. The molecule has 0 spiro atoms. The number of hydrogen-bond acceptors (Lipinski definition) is 7. The summed E-state index contributed by atoms with van der Waals surface area (Å²) in [6.45, 7) is 0.523. The van der Waals surface area contributed by atoms with Gasteiger partial charge in [0.2, 0.25) is 5.96 Å². The molecule has 2 aliphatic heterocycles. The number of amidine groups is 1. The van der Waals surface area contributed by atoms with Gasteiger partial charge in [0, 0.05) is 7.11 Å². The summed E-state index contributed by atoms with van der Waals surface area (Å²) in [7, 11) is 1.74. The molecule has 2 aliphatic carbocycles. The predicted molar refractivity (Wildman–Crippen MR) is 94.6 cm³/mol. The SMILES string of the molecule is COC1C=CC2=C(SC3=NC(N)=NCN32)C1=NC1CCCCC1. The van der Waals surface area contributed by atoms with Crippen LogP contribution < -0.4 is 5.73 Å². The maximum absolute atomic E-state index is 5.75. The van der Waals surface area contributed by atoms with Crippen molar-refractivity contribution in [2.45, 2.75) is 44.2 Å². The Bertz CT molecular complexity index is 657. The van der Waals surface area contributed by atoms with Gasteiger partial charge in [-0.25, -0.2) is 4.99 Å². The molecule has 0 aromatic carbocycles. The standard InChI is InChI=1S/C16H21N5OS/c1-22-12-8-7-11-14(13(12)19-10-5-3-2-4-6-10)23-16-20-15(17)18-9-21(11)16/h7-8,10,12H,2-6,9H2,1H3,(H2,17,18). The van der Waals surface area contributed by atoms with Crippen molar-refractivity contribution in [1.29, 1.82) is 0 Å². The molecule has 0 aromatic rings. The molecule has 1 saturated carbocycles. The highest BCUT2D eigenvalue weighted by molar-refractivity contribution is 8.18. The zero-order valence-electron chi connectivity index (χ0n) is 13.2. The van der Waals surface area contributed by atoms with Crippen molar-refractivity contribution in [3.8, 4) is 0 Å². The number of allylic oxidation sites excluding steroid dienone is 1. The number of ether oxygens (including phenoxy) is 1. The molecule has 0 radical (unpaired) electrons. The number of fused-ring (bicyclic) bond motifs is 2. The molecular weight excluding hydrogens is 310 g/mol. The Balaban J connectivity index is 1.68. The molecule has 2 N–H and O–H groups in total. The van der Waals surface area contributed by atoms with Gasteiger partial charge in [-0.1, -0.05) is 19.3 Å². The number of nitrogens with two attached hydrogens (primary N) is 1. The van der Waals surface area contributed by atoms with Crippen LogP contribution in [0.2, 0.25) is 0 Å². The second-order valence-electron chi connectivity index (χ2n) is 6.12. The highest BCUT2D eigenvalue weighted by Crippen LogP contribution is 2.40. The van der Waals surface area contributed by atoms with Crippen molar-refractivity contribution in [2.75, 3.05) is 13.8 Å². The van der Waals surface area contributed by atoms with Crippen molar-refractivity contribution in [1.82, 2.24) is 4.90 Å². The summed E-state index contributed by atoms with van der Waals surface area (Å²) in [6.07, 6.45) is 10.3. The Morgan fingerprint density at radius 3 is 2.96 bits per heavy atom. The molecule has 1 fully saturated rings. The molecule has 2 heterocycles. The third kappa shape index (κ3) is 2.72. The van der Waals surface area contributed by atoms with Gasteiger partial charge in [-0.05, 0) is 36.8 Å². The smallest absolute Gasteiger partial charge is 0.219 e. The fourth-order valence-electron chi connectivity index (χ4n) is 3.40. The van der Waals surface area contributed by atoms with Crippen LogP contribution in [0.1, 0.15) is 32.1 Å². The molecule has 1 unspecified atom stereocenters. The van der Waals surface area contributed by atoms with Gasteiger partial charge in [-0.2, -0.15) is 4.99 Å². The molecule has 4 aliphatic rings. The number of aliphatic imine (C=N–C) groups is 3. The molecule has 0 bridgehead atoms. The van der Waals surface area contributed by atoms with Gasteiger partial charge < -0.3 is 10.5 Å². The average Bonchev–Trinajstić information content (AvgIpc) is 2.94. The van der Waals surface area contributed by atoms with Gasteiger partial charge in [-0.3, -0.25) is 9.89 Å². The summed E-state index contributed by atoms with van der Waals surface area (Å²) in [6, 6.07) is 0.415. The fraction of sp³-hybridized carbons (Fsp3) is 0.562. The second-order valence-corrected chi connectivity index (χ2v) is 7.10. The van der Waals surface area contributed by atoms with Crippen LogP contribution in [0.5, 0.6) is 0 Å². The molecule has 122 valence electrons. The van der Waals surface area contributed by atoms with E-state index in [1.54, 1.807) is 18.9 Å². The Hall–Kier alpha value is -1.60. The van der Waals surface area contributed by atoms with Crippen molar-refractivity contribution in [3.05, 3.63) is 22.8 Å². The summed E-state index contributed by atoms with van der Waals surface area (Å²) >= 11 is 1.63. The number of methoxy groups -OCH3 is 1. The van der Waals surface area contributed by atoms with Crippen molar-refractivity contribution >= 4 is 28.6 Å². The van der Waals surface area contributed by atoms with E-state index in [2.05, 4.69) is 27.0 Å². The van der Waals surface area contributed by atoms with Gasteiger partial charge in [0.25, 0.3) is 0 Å². The van der Waals surface area contributed by atoms with Crippen molar-refractivity contribution < 1.29 is 4.74 Å². The third-order valence-electron chi connectivity index (χ3n) is 4.61. The Labute approximate surface area is 140 Å². The lowest BCUT2D eigenvalue weighted by Gasteiger charge is -2.25. The maximum Gasteiger partial charge on any atom is 0.219 e. The molecule has 7 heteroatoms. The lowest BCUT2D eigenvalue weighted by Crippen LogP contribution is -2.32. The van der Waals surface area contributed by atoms with Crippen molar-refractivity contribution in [3.63, 3.8) is 0 Å². The van der Waals surface area contributed by atoms with E-state index in [-0.39, 0.29) is 6.10 Å². The van der Waals surface area contributed by atoms with E-state index < -0.39 is 0 Å². The first-order valence-electron chi connectivity index (χ1n) is 8.13. The van der Waals surface area contributed by atoms with Gasteiger partial charge in [0.1, 0.15) is 12.8 Å². The van der Waals surface area contributed by atoms with Crippen LogP contribution in [0.3, 0.4) is 0 Å². The number of thioether (sulfide) groups is 1. The minimum atomic E-state index is -0.0802. The zero-order chi connectivity index (χ0) is 15.8. The summed E-state index contributed by atoms with van der Waals surface area (Å²) in [4.78, 5) is 16.9. The molecule has 0 saturated heterocycles. The zero-order valence-corrected chi connectivity index (χ0v) is 14.1. The third-order valence-corrected chi connectivity index (χ3v) is 5.73. The number of rotatable bonds is 2.